The molecule has 0 saturated carbocycles. The molecule has 0 fully saturated rings. The zero-order valence-electron chi connectivity index (χ0n) is 9.39. The summed E-state index contributed by atoms with van der Waals surface area (Å²) in [5.41, 5.74) is -1.19. The molecule has 0 aliphatic heterocycles. The Hall–Kier alpha value is -2.57. The molecule has 0 unspecified atom stereocenters. The van der Waals surface area contributed by atoms with Crippen molar-refractivity contribution in [3.05, 3.63) is 21.9 Å². The van der Waals surface area contributed by atoms with Crippen LogP contribution >= 0.6 is 0 Å². The summed E-state index contributed by atoms with van der Waals surface area (Å²) in [5, 5.41) is 19.2. The molecule has 1 rings (SSSR count). The van der Waals surface area contributed by atoms with Crippen LogP contribution < -0.4 is 9.47 Å². The van der Waals surface area contributed by atoms with Crippen molar-refractivity contribution in [2.75, 3.05) is 7.11 Å². The maximum atomic E-state index is 12.2. The van der Waals surface area contributed by atoms with Crippen LogP contribution in [0.5, 0.6) is 11.6 Å². The van der Waals surface area contributed by atoms with Crippen LogP contribution in [0.1, 0.15) is 5.69 Å². The molecule has 0 N–H and O–H groups in total. The zero-order valence-corrected chi connectivity index (χ0v) is 9.39. The van der Waals surface area contributed by atoms with Gasteiger partial charge in [0.05, 0.1) is 30.2 Å². The van der Waals surface area contributed by atoms with E-state index in [0.29, 0.717) is 6.07 Å². The number of hydrogen-bond donors (Lipinski definition) is 0. The van der Waals surface area contributed by atoms with E-state index < -0.39 is 28.6 Å². The molecule has 0 amide bonds. The summed E-state index contributed by atoms with van der Waals surface area (Å²) in [6.45, 7) is 0. The van der Waals surface area contributed by atoms with Gasteiger partial charge in [0.25, 0.3) is 5.88 Å². The standard InChI is InChI=1S/C9H6F3N3O4/c1-18-8-7(15(16)17)6(19-9(10,11)12)4-5(14-8)2-3-13/h4H,2H2,1H3. The van der Waals surface area contributed by atoms with Gasteiger partial charge < -0.3 is 9.47 Å². The lowest BCUT2D eigenvalue weighted by Crippen LogP contribution is -2.18. The van der Waals surface area contributed by atoms with E-state index in [1.165, 1.54) is 0 Å². The number of pyridine rings is 1. The molecule has 1 aromatic heterocycles. The van der Waals surface area contributed by atoms with Gasteiger partial charge in [-0.1, -0.05) is 0 Å². The Morgan fingerprint density at radius 3 is 2.63 bits per heavy atom. The van der Waals surface area contributed by atoms with Crippen LogP contribution in [-0.2, 0) is 6.42 Å². The van der Waals surface area contributed by atoms with E-state index in [9.17, 15) is 23.3 Å². The fourth-order valence-corrected chi connectivity index (χ4v) is 1.23. The summed E-state index contributed by atoms with van der Waals surface area (Å²) in [6.07, 6.45) is -5.45. The van der Waals surface area contributed by atoms with Crippen molar-refractivity contribution < 1.29 is 27.6 Å². The molecule has 0 atom stereocenters. The van der Waals surface area contributed by atoms with E-state index in [0.717, 1.165) is 7.11 Å². The predicted molar refractivity (Wildman–Crippen MR) is 53.4 cm³/mol. The number of nitro groups is 1. The summed E-state index contributed by atoms with van der Waals surface area (Å²) >= 11 is 0. The number of methoxy groups -OCH3 is 1. The van der Waals surface area contributed by atoms with Crippen molar-refractivity contribution in [3.63, 3.8) is 0 Å². The van der Waals surface area contributed by atoms with Crippen LogP contribution in [0.25, 0.3) is 0 Å². The van der Waals surface area contributed by atoms with E-state index in [2.05, 4.69) is 14.5 Å². The van der Waals surface area contributed by atoms with Crippen molar-refractivity contribution in [1.82, 2.24) is 4.98 Å². The third kappa shape index (κ3) is 3.70. The first kappa shape index (κ1) is 14.5. The fraction of sp³-hybridized carbons (Fsp3) is 0.333. The lowest BCUT2D eigenvalue weighted by atomic mass is 10.2. The molecule has 0 aromatic carbocycles. The van der Waals surface area contributed by atoms with Gasteiger partial charge in [-0.05, 0) is 0 Å². The van der Waals surface area contributed by atoms with Gasteiger partial charge in [0.2, 0.25) is 5.75 Å². The van der Waals surface area contributed by atoms with E-state index in [-0.39, 0.29) is 12.1 Å². The summed E-state index contributed by atoms with van der Waals surface area (Å²) in [6, 6.07) is 2.33. The SMILES string of the molecule is COc1nc(CC#N)cc(OC(F)(F)F)c1[N+](=O)[O-]. The Morgan fingerprint density at radius 2 is 2.21 bits per heavy atom. The summed E-state index contributed by atoms with van der Waals surface area (Å²) in [5.74, 6) is -1.73. The van der Waals surface area contributed by atoms with Crippen molar-refractivity contribution in [2.45, 2.75) is 12.8 Å². The van der Waals surface area contributed by atoms with Crippen LogP contribution in [0.3, 0.4) is 0 Å². The normalized spacial score (nSPS) is 10.7. The van der Waals surface area contributed by atoms with Gasteiger partial charge >= 0.3 is 12.0 Å². The van der Waals surface area contributed by atoms with Crippen molar-refractivity contribution >= 4 is 5.69 Å². The van der Waals surface area contributed by atoms with Gasteiger partial charge in [-0.3, -0.25) is 10.1 Å². The molecule has 7 nitrogen and oxygen atoms in total. The molecule has 0 aliphatic carbocycles. The van der Waals surface area contributed by atoms with Gasteiger partial charge in [-0.15, -0.1) is 13.2 Å². The van der Waals surface area contributed by atoms with Crippen LogP contribution in [0.4, 0.5) is 18.9 Å². The largest absolute Gasteiger partial charge is 0.573 e. The molecule has 0 spiro atoms. The van der Waals surface area contributed by atoms with Crippen LogP contribution in [0.15, 0.2) is 6.07 Å². The molecule has 0 radical (unpaired) electrons. The highest BCUT2D eigenvalue weighted by Gasteiger charge is 2.37. The van der Waals surface area contributed by atoms with Crippen LogP contribution in [0.2, 0.25) is 0 Å². The van der Waals surface area contributed by atoms with Crippen molar-refractivity contribution in [2.24, 2.45) is 0 Å². The average Bonchev–Trinajstić information content (AvgIpc) is 2.25. The maximum Gasteiger partial charge on any atom is 0.573 e. The molecule has 0 aliphatic rings. The number of nitrogens with zero attached hydrogens (tertiary/aromatic N) is 3. The van der Waals surface area contributed by atoms with Gasteiger partial charge in [-0.25, -0.2) is 4.98 Å². The number of hydrogen-bond acceptors (Lipinski definition) is 6. The highest BCUT2D eigenvalue weighted by atomic mass is 19.4. The fourth-order valence-electron chi connectivity index (χ4n) is 1.23. The molecule has 1 aromatic rings. The van der Waals surface area contributed by atoms with Crippen molar-refractivity contribution in [1.29, 1.82) is 5.26 Å². The minimum absolute atomic E-state index is 0.135. The van der Waals surface area contributed by atoms with Gasteiger partial charge in [0.15, 0.2) is 0 Å². The second-order valence-corrected chi connectivity index (χ2v) is 3.11. The number of ether oxygens (including phenoxy) is 2. The molecular formula is C9H6F3N3O4. The number of nitriles is 1. The summed E-state index contributed by atoms with van der Waals surface area (Å²) in [7, 11) is 1.00. The number of aromatic nitrogens is 1. The van der Waals surface area contributed by atoms with E-state index in [4.69, 9.17) is 5.26 Å². The predicted octanol–water partition coefficient (Wildman–Crippen LogP) is 1.96. The second kappa shape index (κ2) is 5.38. The Balaban J connectivity index is 3.42. The van der Waals surface area contributed by atoms with E-state index in [1.54, 1.807) is 6.07 Å². The Morgan fingerprint density at radius 1 is 1.58 bits per heavy atom. The molecule has 19 heavy (non-hydrogen) atoms. The van der Waals surface area contributed by atoms with Crippen molar-refractivity contribution in [3.8, 4) is 17.7 Å². The van der Waals surface area contributed by atoms with Gasteiger partial charge in [-0.2, -0.15) is 5.26 Å². The molecule has 10 heteroatoms. The number of halogens is 3. The Bertz CT molecular complexity index is 539. The van der Waals surface area contributed by atoms with Gasteiger partial charge in [0, 0.05) is 6.07 Å². The lowest BCUT2D eigenvalue weighted by Gasteiger charge is -2.11. The smallest absolute Gasteiger partial charge is 0.476 e. The summed E-state index contributed by atoms with van der Waals surface area (Å²) < 4.78 is 44.6. The third-order valence-corrected chi connectivity index (χ3v) is 1.84. The highest BCUT2D eigenvalue weighted by molar-refractivity contribution is 5.55. The average molecular weight is 277 g/mol. The van der Waals surface area contributed by atoms with Crippen LogP contribution in [0, 0.1) is 21.4 Å². The van der Waals surface area contributed by atoms with Gasteiger partial charge in [0.1, 0.15) is 0 Å². The Kier molecular flexibility index (Phi) is 4.11. The minimum Gasteiger partial charge on any atom is -0.476 e. The lowest BCUT2D eigenvalue weighted by molar-refractivity contribution is -0.389. The molecular weight excluding hydrogens is 271 g/mol. The molecule has 0 saturated heterocycles. The molecule has 102 valence electrons. The first-order valence-electron chi connectivity index (χ1n) is 4.63. The Labute approximate surface area is 104 Å². The second-order valence-electron chi connectivity index (χ2n) is 3.11. The number of alkyl halides is 3. The summed E-state index contributed by atoms with van der Waals surface area (Å²) in [4.78, 5) is 13.2. The quantitative estimate of drug-likeness (QED) is 0.616. The van der Waals surface area contributed by atoms with E-state index in [1.807, 2.05) is 0 Å². The first-order chi connectivity index (χ1) is 8.78. The maximum absolute atomic E-state index is 12.2. The van der Waals surface area contributed by atoms with E-state index >= 15 is 0 Å². The minimum atomic E-state index is -5.11. The molecule has 0 bridgehead atoms. The topological polar surface area (TPSA) is 98.3 Å². The third-order valence-electron chi connectivity index (χ3n) is 1.84. The first-order valence-corrected chi connectivity index (χ1v) is 4.63. The van der Waals surface area contributed by atoms with Crippen LogP contribution in [-0.4, -0.2) is 23.4 Å². The monoisotopic (exact) mass is 277 g/mol. The highest BCUT2D eigenvalue weighted by Crippen LogP contribution is 2.38. The molecule has 1 heterocycles. The zero-order chi connectivity index (χ0) is 14.6. The number of rotatable bonds is 4.